The van der Waals surface area contributed by atoms with Crippen molar-refractivity contribution in [2.24, 2.45) is 0 Å². The summed E-state index contributed by atoms with van der Waals surface area (Å²) < 4.78 is 0. The molecule has 1 atom stereocenters. The second kappa shape index (κ2) is 4.68. The Morgan fingerprint density at radius 2 is 2.31 bits per heavy atom. The van der Waals surface area contributed by atoms with Gasteiger partial charge in [-0.25, -0.2) is 0 Å². The van der Waals surface area contributed by atoms with Gasteiger partial charge in [0.2, 0.25) is 0 Å². The SMILES string of the molecule is CC(C=O)c1ccc(S)c(CCl)c1. The van der Waals surface area contributed by atoms with E-state index in [9.17, 15) is 4.79 Å². The molecule has 1 nitrogen and oxygen atoms in total. The van der Waals surface area contributed by atoms with Gasteiger partial charge in [0.25, 0.3) is 0 Å². The molecule has 13 heavy (non-hydrogen) atoms. The minimum absolute atomic E-state index is 0.0732. The Labute approximate surface area is 88.5 Å². The maximum atomic E-state index is 10.5. The van der Waals surface area contributed by atoms with Crippen LogP contribution < -0.4 is 0 Å². The third-order valence-electron chi connectivity index (χ3n) is 1.98. The van der Waals surface area contributed by atoms with E-state index >= 15 is 0 Å². The third kappa shape index (κ3) is 2.48. The molecule has 0 bridgehead atoms. The molecule has 0 N–H and O–H groups in total. The van der Waals surface area contributed by atoms with Crippen LogP contribution in [0.1, 0.15) is 24.0 Å². The lowest BCUT2D eigenvalue weighted by Gasteiger charge is -2.07. The van der Waals surface area contributed by atoms with Crippen LogP contribution in [-0.4, -0.2) is 6.29 Å². The van der Waals surface area contributed by atoms with Gasteiger partial charge in [0, 0.05) is 16.7 Å². The second-order valence-corrected chi connectivity index (χ2v) is 3.70. The van der Waals surface area contributed by atoms with Gasteiger partial charge in [-0.3, -0.25) is 0 Å². The number of halogens is 1. The monoisotopic (exact) mass is 214 g/mol. The Bertz CT molecular complexity index is 312. The number of aldehydes is 1. The zero-order chi connectivity index (χ0) is 9.84. The zero-order valence-corrected chi connectivity index (χ0v) is 8.98. The predicted octanol–water partition coefficient (Wildman–Crippen LogP) is 3.02. The molecule has 0 saturated carbocycles. The van der Waals surface area contributed by atoms with Crippen LogP contribution >= 0.6 is 24.2 Å². The van der Waals surface area contributed by atoms with Crippen LogP contribution in [0.2, 0.25) is 0 Å². The van der Waals surface area contributed by atoms with E-state index in [2.05, 4.69) is 12.6 Å². The molecule has 0 spiro atoms. The number of benzene rings is 1. The van der Waals surface area contributed by atoms with Crippen molar-refractivity contribution in [3.05, 3.63) is 29.3 Å². The summed E-state index contributed by atoms with van der Waals surface area (Å²) >= 11 is 9.96. The molecule has 1 aromatic carbocycles. The average Bonchev–Trinajstić information content (AvgIpc) is 2.17. The van der Waals surface area contributed by atoms with Crippen molar-refractivity contribution in [3.63, 3.8) is 0 Å². The van der Waals surface area contributed by atoms with Crippen molar-refractivity contribution >= 4 is 30.5 Å². The first-order valence-electron chi connectivity index (χ1n) is 4.02. The standard InChI is InChI=1S/C10H11ClOS/c1-7(6-12)8-2-3-10(13)9(4-8)5-11/h2-4,6-7,13H,5H2,1H3. The zero-order valence-electron chi connectivity index (χ0n) is 7.33. The first-order valence-corrected chi connectivity index (χ1v) is 5.00. The van der Waals surface area contributed by atoms with Gasteiger partial charge in [-0.2, -0.15) is 0 Å². The van der Waals surface area contributed by atoms with Gasteiger partial charge in [-0.1, -0.05) is 19.1 Å². The van der Waals surface area contributed by atoms with Gasteiger partial charge in [0.15, 0.2) is 0 Å². The van der Waals surface area contributed by atoms with Crippen molar-refractivity contribution in [2.75, 3.05) is 0 Å². The largest absolute Gasteiger partial charge is 0.303 e. The normalized spacial score (nSPS) is 12.5. The van der Waals surface area contributed by atoms with Crippen molar-refractivity contribution in [3.8, 4) is 0 Å². The minimum atomic E-state index is -0.0732. The topological polar surface area (TPSA) is 17.1 Å². The highest BCUT2D eigenvalue weighted by Crippen LogP contribution is 2.21. The first kappa shape index (κ1) is 10.6. The van der Waals surface area contributed by atoms with Gasteiger partial charge >= 0.3 is 0 Å². The Morgan fingerprint density at radius 3 is 2.85 bits per heavy atom. The number of thiol groups is 1. The van der Waals surface area contributed by atoms with Crippen LogP contribution in [-0.2, 0) is 10.7 Å². The molecule has 1 rings (SSSR count). The van der Waals surface area contributed by atoms with E-state index in [1.165, 1.54) is 0 Å². The molecule has 0 saturated heterocycles. The molecule has 3 heteroatoms. The van der Waals surface area contributed by atoms with Crippen molar-refractivity contribution in [1.82, 2.24) is 0 Å². The highest BCUT2D eigenvalue weighted by atomic mass is 35.5. The molecule has 1 aromatic rings. The molecule has 0 aliphatic carbocycles. The Balaban J connectivity index is 3.05. The summed E-state index contributed by atoms with van der Waals surface area (Å²) in [6, 6.07) is 5.70. The third-order valence-corrected chi connectivity index (χ3v) is 2.70. The van der Waals surface area contributed by atoms with E-state index in [-0.39, 0.29) is 5.92 Å². The molecule has 0 heterocycles. The highest BCUT2D eigenvalue weighted by Gasteiger charge is 2.05. The fourth-order valence-corrected chi connectivity index (χ4v) is 1.61. The molecule has 0 radical (unpaired) electrons. The van der Waals surface area contributed by atoms with Gasteiger partial charge in [0.1, 0.15) is 6.29 Å². The van der Waals surface area contributed by atoms with Gasteiger partial charge in [-0.05, 0) is 17.2 Å². The average molecular weight is 215 g/mol. The lowest BCUT2D eigenvalue weighted by molar-refractivity contribution is -0.108. The van der Waals surface area contributed by atoms with E-state index in [4.69, 9.17) is 11.6 Å². The summed E-state index contributed by atoms with van der Waals surface area (Å²) in [5.74, 6) is 0.356. The number of hydrogen-bond acceptors (Lipinski definition) is 2. The summed E-state index contributed by atoms with van der Waals surface area (Å²) in [6.45, 7) is 1.86. The van der Waals surface area contributed by atoms with E-state index in [1.54, 1.807) is 0 Å². The van der Waals surface area contributed by atoms with E-state index < -0.39 is 0 Å². The van der Waals surface area contributed by atoms with Crippen LogP contribution in [0.4, 0.5) is 0 Å². The minimum Gasteiger partial charge on any atom is -0.303 e. The van der Waals surface area contributed by atoms with Crippen LogP contribution in [0.25, 0.3) is 0 Å². The predicted molar refractivity (Wildman–Crippen MR) is 57.7 cm³/mol. The molecular weight excluding hydrogens is 204 g/mol. The van der Waals surface area contributed by atoms with Crippen LogP contribution in [0.15, 0.2) is 23.1 Å². The number of hydrogen-bond donors (Lipinski definition) is 1. The fourth-order valence-electron chi connectivity index (χ4n) is 1.07. The van der Waals surface area contributed by atoms with Crippen LogP contribution in [0.5, 0.6) is 0 Å². The van der Waals surface area contributed by atoms with Gasteiger partial charge in [0.05, 0.1) is 0 Å². The molecular formula is C10H11ClOS. The number of alkyl halides is 1. The Morgan fingerprint density at radius 1 is 1.62 bits per heavy atom. The van der Waals surface area contributed by atoms with Crippen molar-refractivity contribution in [1.29, 1.82) is 0 Å². The number of rotatable bonds is 3. The van der Waals surface area contributed by atoms with Crippen molar-refractivity contribution in [2.45, 2.75) is 23.6 Å². The summed E-state index contributed by atoms with van der Waals surface area (Å²) in [5.41, 5.74) is 1.96. The van der Waals surface area contributed by atoms with E-state index in [0.29, 0.717) is 5.88 Å². The van der Waals surface area contributed by atoms with Gasteiger partial charge < -0.3 is 4.79 Å². The molecule has 0 aliphatic heterocycles. The first-order chi connectivity index (χ1) is 6.19. The molecule has 0 aromatic heterocycles. The Kier molecular flexibility index (Phi) is 3.82. The summed E-state index contributed by atoms with van der Waals surface area (Å²) in [6.07, 6.45) is 0.922. The smallest absolute Gasteiger partial charge is 0.127 e. The maximum absolute atomic E-state index is 10.5. The van der Waals surface area contributed by atoms with E-state index in [1.807, 2.05) is 25.1 Å². The van der Waals surface area contributed by atoms with Crippen LogP contribution in [0.3, 0.4) is 0 Å². The molecule has 0 amide bonds. The second-order valence-electron chi connectivity index (χ2n) is 2.95. The molecule has 0 aliphatic rings. The highest BCUT2D eigenvalue weighted by molar-refractivity contribution is 7.80. The summed E-state index contributed by atoms with van der Waals surface area (Å²) in [4.78, 5) is 11.4. The molecule has 1 unspecified atom stereocenters. The van der Waals surface area contributed by atoms with E-state index in [0.717, 1.165) is 22.3 Å². The Hall–Kier alpha value is -0.470. The summed E-state index contributed by atoms with van der Waals surface area (Å²) in [7, 11) is 0. The summed E-state index contributed by atoms with van der Waals surface area (Å²) in [5, 5.41) is 0. The maximum Gasteiger partial charge on any atom is 0.127 e. The molecule has 0 fully saturated rings. The quantitative estimate of drug-likeness (QED) is 0.465. The molecule has 70 valence electrons. The number of carbonyl (C=O) groups is 1. The lowest BCUT2D eigenvalue weighted by Crippen LogP contribution is -1.95. The van der Waals surface area contributed by atoms with Gasteiger partial charge in [-0.15, -0.1) is 24.2 Å². The fraction of sp³-hybridized carbons (Fsp3) is 0.300. The van der Waals surface area contributed by atoms with Crippen molar-refractivity contribution < 1.29 is 4.79 Å². The number of carbonyl (C=O) groups excluding carboxylic acids is 1. The lowest BCUT2D eigenvalue weighted by atomic mass is 10.0. The van der Waals surface area contributed by atoms with Crippen LogP contribution in [0, 0.1) is 0 Å².